The van der Waals surface area contributed by atoms with Crippen LogP contribution in [0.3, 0.4) is 0 Å². The molecule has 0 radical (unpaired) electrons. The maximum Gasteiger partial charge on any atom is 0.145 e. The Balaban J connectivity index is 2.56. The highest BCUT2D eigenvalue weighted by molar-refractivity contribution is 5.46. The van der Waals surface area contributed by atoms with Gasteiger partial charge in [0.2, 0.25) is 0 Å². The molecule has 1 rings (SSSR count). The van der Waals surface area contributed by atoms with Gasteiger partial charge >= 0.3 is 0 Å². The zero-order valence-electron chi connectivity index (χ0n) is 9.70. The molecule has 0 aliphatic rings. The van der Waals surface area contributed by atoms with Gasteiger partial charge in [0.15, 0.2) is 0 Å². The number of anilines is 2. The van der Waals surface area contributed by atoms with Crippen molar-refractivity contribution in [1.82, 2.24) is 9.97 Å². The molecule has 5 N–H and O–H groups in total. The predicted molar refractivity (Wildman–Crippen MR) is 63.9 cm³/mol. The molecule has 1 aromatic rings. The third kappa shape index (κ3) is 4.00. The van der Waals surface area contributed by atoms with Gasteiger partial charge in [-0.3, -0.25) is 0 Å². The molecule has 6 heteroatoms. The Morgan fingerprint density at radius 3 is 2.75 bits per heavy atom. The minimum atomic E-state index is 0.210. The Hall–Kier alpha value is -1.40. The van der Waals surface area contributed by atoms with Crippen molar-refractivity contribution >= 4 is 11.6 Å². The van der Waals surface area contributed by atoms with Crippen LogP contribution in [-0.4, -0.2) is 28.2 Å². The van der Waals surface area contributed by atoms with Crippen molar-refractivity contribution in [3.8, 4) is 0 Å². The second kappa shape index (κ2) is 6.24. The lowest BCUT2D eigenvalue weighted by molar-refractivity contribution is 0.266. The molecular weight excluding hydrogens is 206 g/mol. The molecule has 0 saturated heterocycles. The number of aliphatic hydroxyl groups is 1. The largest absolute Gasteiger partial charge is 0.396 e. The van der Waals surface area contributed by atoms with Crippen LogP contribution in [-0.2, 0) is 0 Å². The fourth-order valence-corrected chi connectivity index (χ4v) is 1.33. The van der Waals surface area contributed by atoms with Gasteiger partial charge in [0, 0.05) is 19.2 Å². The Morgan fingerprint density at radius 1 is 1.44 bits per heavy atom. The van der Waals surface area contributed by atoms with Crippen LogP contribution >= 0.6 is 0 Å². The molecule has 0 aliphatic carbocycles. The minimum Gasteiger partial charge on any atom is -0.396 e. The van der Waals surface area contributed by atoms with Crippen LogP contribution in [0.2, 0.25) is 0 Å². The lowest BCUT2D eigenvalue weighted by Gasteiger charge is -2.12. The van der Waals surface area contributed by atoms with Crippen molar-refractivity contribution in [2.75, 3.05) is 23.9 Å². The van der Waals surface area contributed by atoms with Crippen LogP contribution in [0.1, 0.15) is 19.2 Å². The van der Waals surface area contributed by atoms with Crippen molar-refractivity contribution in [3.63, 3.8) is 0 Å². The summed E-state index contributed by atoms with van der Waals surface area (Å²) in [6, 6.07) is 1.75. The van der Waals surface area contributed by atoms with Crippen molar-refractivity contribution in [2.24, 2.45) is 11.8 Å². The molecule has 1 unspecified atom stereocenters. The maximum absolute atomic E-state index is 8.78. The number of hydrazine groups is 1. The van der Waals surface area contributed by atoms with Crippen LogP contribution in [0.4, 0.5) is 11.6 Å². The van der Waals surface area contributed by atoms with Gasteiger partial charge in [-0.25, -0.2) is 15.8 Å². The van der Waals surface area contributed by atoms with E-state index in [1.807, 2.05) is 6.92 Å². The second-order valence-corrected chi connectivity index (χ2v) is 3.83. The van der Waals surface area contributed by atoms with Gasteiger partial charge in [0.1, 0.15) is 17.5 Å². The number of rotatable bonds is 6. The molecule has 16 heavy (non-hydrogen) atoms. The summed E-state index contributed by atoms with van der Waals surface area (Å²) < 4.78 is 0. The standard InChI is InChI=1S/C10H19N5O/c1-7(3-4-16)6-12-9-5-10(15-11)14-8(2)13-9/h5,7,16H,3-4,6,11H2,1-2H3,(H2,12,13,14,15). The smallest absolute Gasteiger partial charge is 0.145 e. The number of aliphatic hydroxyl groups excluding tert-OH is 1. The molecule has 1 aromatic heterocycles. The monoisotopic (exact) mass is 225 g/mol. The number of aryl methyl sites for hydroxylation is 1. The highest BCUT2D eigenvalue weighted by Crippen LogP contribution is 2.11. The zero-order valence-corrected chi connectivity index (χ0v) is 9.70. The Labute approximate surface area is 95.3 Å². The van der Waals surface area contributed by atoms with Gasteiger partial charge in [-0.15, -0.1) is 0 Å². The quantitative estimate of drug-likeness (QED) is 0.416. The molecule has 6 nitrogen and oxygen atoms in total. The summed E-state index contributed by atoms with van der Waals surface area (Å²) in [6.45, 7) is 4.85. The number of nitrogens with two attached hydrogens (primary N) is 1. The van der Waals surface area contributed by atoms with Gasteiger partial charge in [0.25, 0.3) is 0 Å². The number of hydrogen-bond acceptors (Lipinski definition) is 6. The van der Waals surface area contributed by atoms with Crippen LogP contribution < -0.4 is 16.6 Å². The molecule has 0 aromatic carbocycles. The first-order chi connectivity index (χ1) is 7.65. The second-order valence-electron chi connectivity index (χ2n) is 3.83. The first-order valence-corrected chi connectivity index (χ1v) is 5.32. The van der Waals surface area contributed by atoms with E-state index in [-0.39, 0.29) is 6.61 Å². The number of nitrogens with zero attached hydrogens (tertiary/aromatic N) is 2. The van der Waals surface area contributed by atoms with Crippen LogP contribution in [0.15, 0.2) is 6.07 Å². The summed E-state index contributed by atoms with van der Waals surface area (Å²) >= 11 is 0. The molecule has 0 saturated carbocycles. The predicted octanol–water partition coefficient (Wildman–Crippen LogP) is 0.501. The van der Waals surface area contributed by atoms with Crippen molar-refractivity contribution < 1.29 is 5.11 Å². The van der Waals surface area contributed by atoms with E-state index in [1.165, 1.54) is 0 Å². The highest BCUT2D eigenvalue weighted by Gasteiger charge is 2.03. The lowest BCUT2D eigenvalue weighted by Crippen LogP contribution is -2.15. The summed E-state index contributed by atoms with van der Waals surface area (Å²) in [7, 11) is 0. The van der Waals surface area contributed by atoms with Crippen molar-refractivity contribution in [3.05, 3.63) is 11.9 Å². The Morgan fingerprint density at radius 2 is 2.12 bits per heavy atom. The first-order valence-electron chi connectivity index (χ1n) is 5.32. The average molecular weight is 225 g/mol. The molecule has 0 fully saturated rings. The van der Waals surface area contributed by atoms with Crippen molar-refractivity contribution in [2.45, 2.75) is 20.3 Å². The van der Waals surface area contributed by atoms with Gasteiger partial charge in [-0.2, -0.15) is 0 Å². The SMILES string of the molecule is Cc1nc(NN)cc(NCC(C)CCO)n1. The third-order valence-corrected chi connectivity index (χ3v) is 2.24. The van der Waals surface area contributed by atoms with Crippen LogP contribution in [0.25, 0.3) is 0 Å². The van der Waals surface area contributed by atoms with E-state index in [0.717, 1.165) is 18.8 Å². The molecule has 0 aliphatic heterocycles. The number of aromatic nitrogens is 2. The van der Waals surface area contributed by atoms with Crippen molar-refractivity contribution in [1.29, 1.82) is 0 Å². The van der Waals surface area contributed by atoms with Crippen LogP contribution in [0, 0.1) is 12.8 Å². The first kappa shape index (κ1) is 12.7. The molecule has 1 heterocycles. The third-order valence-electron chi connectivity index (χ3n) is 2.24. The normalized spacial score (nSPS) is 12.2. The Kier molecular flexibility index (Phi) is 4.94. The van der Waals surface area contributed by atoms with E-state index >= 15 is 0 Å². The summed E-state index contributed by atoms with van der Waals surface area (Å²) in [6.07, 6.45) is 0.777. The number of nitrogen functional groups attached to an aromatic ring is 1. The molecule has 1 atom stereocenters. The molecule has 0 spiro atoms. The van der Waals surface area contributed by atoms with E-state index in [2.05, 4.69) is 27.6 Å². The van der Waals surface area contributed by atoms with Gasteiger partial charge in [-0.05, 0) is 19.3 Å². The lowest BCUT2D eigenvalue weighted by atomic mass is 10.1. The van der Waals surface area contributed by atoms with Gasteiger partial charge < -0.3 is 15.8 Å². The van der Waals surface area contributed by atoms with E-state index in [4.69, 9.17) is 10.9 Å². The highest BCUT2D eigenvalue weighted by atomic mass is 16.3. The number of hydrogen-bond donors (Lipinski definition) is 4. The average Bonchev–Trinajstić information content (AvgIpc) is 2.26. The molecule has 0 amide bonds. The Bertz CT molecular complexity index is 331. The summed E-state index contributed by atoms with van der Waals surface area (Å²) in [5.41, 5.74) is 2.49. The zero-order chi connectivity index (χ0) is 12.0. The van der Waals surface area contributed by atoms with E-state index < -0.39 is 0 Å². The maximum atomic E-state index is 8.78. The summed E-state index contributed by atoms with van der Waals surface area (Å²) in [5, 5.41) is 12.0. The topological polar surface area (TPSA) is 96.1 Å². The van der Waals surface area contributed by atoms with Gasteiger partial charge in [-0.1, -0.05) is 6.92 Å². The fraction of sp³-hybridized carbons (Fsp3) is 0.600. The fourth-order valence-electron chi connectivity index (χ4n) is 1.33. The molecular formula is C10H19N5O. The molecule has 0 bridgehead atoms. The van der Waals surface area contributed by atoms with E-state index in [0.29, 0.717) is 17.6 Å². The summed E-state index contributed by atoms with van der Waals surface area (Å²) in [4.78, 5) is 8.32. The van der Waals surface area contributed by atoms with E-state index in [9.17, 15) is 0 Å². The molecule has 90 valence electrons. The summed E-state index contributed by atoms with van der Waals surface area (Å²) in [5.74, 6) is 7.68. The van der Waals surface area contributed by atoms with Crippen LogP contribution in [0.5, 0.6) is 0 Å². The number of nitrogens with one attached hydrogen (secondary N) is 2. The van der Waals surface area contributed by atoms with Gasteiger partial charge in [0.05, 0.1) is 0 Å². The van der Waals surface area contributed by atoms with E-state index in [1.54, 1.807) is 6.07 Å². The minimum absolute atomic E-state index is 0.210.